The van der Waals surface area contributed by atoms with Gasteiger partial charge in [0.1, 0.15) is 0 Å². The summed E-state index contributed by atoms with van der Waals surface area (Å²) >= 11 is 8.45. The maximum absolute atomic E-state index is 5.60. The van der Waals surface area contributed by atoms with Gasteiger partial charge in [0, 0.05) is 10.9 Å². The van der Waals surface area contributed by atoms with Gasteiger partial charge >= 0.3 is 0 Å². The van der Waals surface area contributed by atoms with Crippen molar-refractivity contribution < 1.29 is 4.42 Å². The first-order valence-electron chi connectivity index (χ1n) is 5.13. The summed E-state index contributed by atoms with van der Waals surface area (Å²) in [6, 6.07) is 1.97. The highest BCUT2D eigenvalue weighted by Gasteiger charge is 2.12. The molecule has 0 aliphatic rings. The Balaban J connectivity index is 2.07. The van der Waals surface area contributed by atoms with E-state index >= 15 is 0 Å². The third-order valence-corrected chi connectivity index (χ3v) is 5.38. The van der Waals surface area contributed by atoms with E-state index in [4.69, 9.17) is 4.42 Å². The Kier molecular flexibility index (Phi) is 4.72. The Bertz CT molecular complexity index is 478. The Morgan fingerprint density at radius 2 is 2.24 bits per heavy atom. The summed E-state index contributed by atoms with van der Waals surface area (Å²) in [4.78, 5) is 0.969. The van der Waals surface area contributed by atoms with Gasteiger partial charge in [-0.3, -0.25) is 0 Å². The molecule has 7 heteroatoms. The summed E-state index contributed by atoms with van der Waals surface area (Å²) in [6.07, 6.45) is 1.80. The number of hydrogen-bond acceptors (Lipinski definition) is 5. The highest BCUT2D eigenvalue weighted by atomic mass is 79.9. The minimum absolute atomic E-state index is 0.584. The van der Waals surface area contributed by atoms with Gasteiger partial charge in [0.05, 0.1) is 8.66 Å². The second-order valence-corrected chi connectivity index (χ2v) is 6.66. The summed E-state index contributed by atoms with van der Waals surface area (Å²) in [5.41, 5.74) is 0. The van der Waals surface area contributed by atoms with Gasteiger partial charge in [-0.05, 0) is 57.9 Å². The lowest BCUT2D eigenvalue weighted by Gasteiger charge is -1.94. The van der Waals surface area contributed by atoms with Crippen molar-refractivity contribution in [3.05, 3.63) is 20.2 Å². The van der Waals surface area contributed by atoms with E-state index in [-0.39, 0.29) is 0 Å². The second kappa shape index (κ2) is 6.08. The molecular formula is C10H11Br2N3OS. The van der Waals surface area contributed by atoms with Gasteiger partial charge in [0.2, 0.25) is 5.89 Å². The van der Waals surface area contributed by atoms with E-state index in [0.29, 0.717) is 11.8 Å². The Labute approximate surface area is 120 Å². The summed E-state index contributed by atoms with van der Waals surface area (Å²) < 4.78 is 7.64. The number of halogens is 2. The van der Waals surface area contributed by atoms with Crippen molar-refractivity contribution in [2.75, 3.05) is 13.6 Å². The standard InChI is InChI=1S/C10H11Br2N3OS/c1-13-4-2-3-8-14-15-10(16-8)7-5-6(11)9(12)17-7/h5,13H,2-4H2,1H3. The van der Waals surface area contributed by atoms with Crippen LogP contribution >= 0.6 is 43.2 Å². The molecule has 2 aromatic rings. The van der Waals surface area contributed by atoms with Crippen LogP contribution in [0.25, 0.3) is 10.8 Å². The first kappa shape index (κ1) is 13.2. The number of rotatable bonds is 5. The van der Waals surface area contributed by atoms with Crippen molar-refractivity contribution >= 4 is 43.2 Å². The normalized spacial score (nSPS) is 11.0. The van der Waals surface area contributed by atoms with E-state index in [1.807, 2.05) is 13.1 Å². The molecule has 0 amide bonds. The van der Waals surface area contributed by atoms with Crippen LogP contribution in [0, 0.1) is 0 Å². The van der Waals surface area contributed by atoms with Crippen molar-refractivity contribution in [2.24, 2.45) is 0 Å². The van der Waals surface area contributed by atoms with Crippen LogP contribution in [0.4, 0.5) is 0 Å². The van der Waals surface area contributed by atoms with Crippen molar-refractivity contribution in [2.45, 2.75) is 12.8 Å². The summed E-state index contributed by atoms with van der Waals surface area (Å²) in [6.45, 7) is 0.952. The van der Waals surface area contributed by atoms with Crippen LogP contribution in [0.2, 0.25) is 0 Å². The molecule has 1 N–H and O–H groups in total. The lowest BCUT2D eigenvalue weighted by molar-refractivity contribution is 0.495. The van der Waals surface area contributed by atoms with E-state index in [0.717, 1.165) is 32.5 Å². The molecule has 2 heterocycles. The molecule has 92 valence electrons. The van der Waals surface area contributed by atoms with Crippen LogP contribution in [-0.2, 0) is 6.42 Å². The molecule has 0 aliphatic heterocycles. The van der Waals surface area contributed by atoms with Crippen LogP contribution < -0.4 is 5.32 Å². The molecule has 0 radical (unpaired) electrons. The van der Waals surface area contributed by atoms with Gasteiger partial charge in [0.25, 0.3) is 5.89 Å². The van der Waals surface area contributed by atoms with Crippen LogP contribution in [0.1, 0.15) is 12.3 Å². The quantitative estimate of drug-likeness (QED) is 0.806. The zero-order valence-corrected chi connectivity index (χ0v) is 13.2. The van der Waals surface area contributed by atoms with E-state index in [1.54, 1.807) is 11.3 Å². The van der Waals surface area contributed by atoms with Gasteiger partial charge < -0.3 is 9.73 Å². The molecular weight excluding hydrogens is 370 g/mol. The van der Waals surface area contributed by atoms with E-state index in [9.17, 15) is 0 Å². The molecule has 0 spiro atoms. The number of thiophene rings is 1. The molecule has 0 atom stereocenters. The topological polar surface area (TPSA) is 51.0 Å². The fraction of sp³-hybridized carbons (Fsp3) is 0.400. The molecule has 0 fully saturated rings. The fourth-order valence-electron chi connectivity index (χ4n) is 1.32. The Hall–Kier alpha value is -0.240. The van der Waals surface area contributed by atoms with E-state index < -0.39 is 0 Å². The number of hydrogen-bond donors (Lipinski definition) is 1. The predicted octanol–water partition coefficient (Wildman–Crippen LogP) is 3.48. The lowest BCUT2D eigenvalue weighted by atomic mass is 10.3. The molecule has 0 aliphatic carbocycles. The molecule has 0 aromatic carbocycles. The lowest BCUT2D eigenvalue weighted by Crippen LogP contribution is -2.08. The summed E-state index contributed by atoms with van der Waals surface area (Å²) in [7, 11) is 1.93. The monoisotopic (exact) mass is 379 g/mol. The summed E-state index contributed by atoms with van der Waals surface area (Å²) in [5, 5.41) is 11.2. The van der Waals surface area contributed by atoms with Crippen LogP contribution in [-0.4, -0.2) is 23.8 Å². The smallest absolute Gasteiger partial charge is 0.257 e. The van der Waals surface area contributed by atoms with Crippen molar-refractivity contribution in [3.8, 4) is 10.8 Å². The van der Waals surface area contributed by atoms with Gasteiger partial charge in [-0.25, -0.2) is 0 Å². The van der Waals surface area contributed by atoms with Crippen molar-refractivity contribution in [1.29, 1.82) is 0 Å². The maximum Gasteiger partial charge on any atom is 0.257 e. The molecule has 0 bridgehead atoms. The van der Waals surface area contributed by atoms with E-state index in [1.165, 1.54) is 0 Å². The minimum atomic E-state index is 0.584. The zero-order valence-electron chi connectivity index (χ0n) is 9.17. The molecule has 17 heavy (non-hydrogen) atoms. The van der Waals surface area contributed by atoms with Gasteiger partial charge in [-0.1, -0.05) is 0 Å². The third kappa shape index (κ3) is 3.37. The largest absolute Gasteiger partial charge is 0.420 e. The average Bonchev–Trinajstić information content (AvgIpc) is 2.88. The third-order valence-electron chi connectivity index (χ3n) is 2.14. The second-order valence-electron chi connectivity index (χ2n) is 3.44. The van der Waals surface area contributed by atoms with Crippen molar-refractivity contribution in [3.63, 3.8) is 0 Å². The van der Waals surface area contributed by atoms with Crippen molar-refractivity contribution in [1.82, 2.24) is 15.5 Å². The van der Waals surface area contributed by atoms with E-state index in [2.05, 4.69) is 47.4 Å². The Morgan fingerprint density at radius 3 is 2.88 bits per heavy atom. The highest BCUT2D eigenvalue weighted by Crippen LogP contribution is 2.37. The predicted molar refractivity (Wildman–Crippen MR) is 75.3 cm³/mol. The summed E-state index contributed by atoms with van der Waals surface area (Å²) in [5.74, 6) is 1.27. The SMILES string of the molecule is CNCCCc1nnc(-c2cc(Br)c(Br)s2)o1. The first-order chi connectivity index (χ1) is 8.20. The molecule has 2 aromatic heterocycles. The zero-order chi connectivity index (χ0) is 12.3. The van der Waals surface area contributed by atoms with Gasteiger partial charge in [-0.15, -0.1) is 21.5 Å². The molecule has 4 nitrogen and oxygen atoms in total. The van der Waals surface area contributed by atoms with Crippen LogP contribution in [0.5, 0.6) is 0 Å². The number of aryl methyl sites for hydroxylation is 1. The van der Waals surface area contributed by atoms with Gasteiger partial charge in [-0.2, -0.15) is 0 Å². The van der Waals surface area contributed by atoms with Crippen LogP contribution in [0.3, 0.4) is 0 Å². The minimum Gasteiger partial charge on any atom is -0.420 e. The number of nitrogens with zero attached hydrogens (tertiary/aromatic N) is 2. The number of nitrogens with one attached hydrogen (secondary N) is 1. The maximum atomic E-state index is 5.60. The number of aromatic nitrogens is 2. The van der Waals surface area contributed by atoms with Gasteiger partial charge in [0.15, 0.2) is 0 Å². The molecule has 2 rings (SSSR count). The molecule has 0 unspecified atom stereocenters. The molecule has 0 saturated carbocycles. The molecule has 0 saturated heterocycles. The highest BCUT2D eigenvalue weighted by molar-refractivity contribution is 9.13. The Morgan fingerprint density at radius 1 is 1.41 bits per heavy atom. The average molecular weight is 381 g/mol. The first-order valence-corrected chi connectivity index (χ1v) is 7.53. The van der Waals surface area contributed by atoms with Crippen LogP contribution in [0.15, 0.2) is 18.7 Å². The fourth-order valence-corrected chi connectivity index (χ4v) is 3.28.